The van der Waals surface area contributed by atoms with Gasteiger partial charge in [0.05, 0.1) is 0 Å². The summed E-state index contributed by atoms with van der Waals surface area (Å²) in [5, 5.41) is 10.7. The minimum atomic E-state index is 0.470. The summed E-state index contributed by atoms with van der Waals surface area (Å²) >= 11 is 0. The van der Waals surface area contributed by atoms with E-state index in [4.69, 9.17) is 5.26 Å². The van der Waals surface area contributed by atoms with E-state index < -0.39 is 0 Å². The molecule has 0 bridgehead atoms. The van der Waals surface area contributed by atoms with Gasteiger partial charge in [-0.15, -0.1) is 0 Å². The lowest BCUT2D eigenvalue weighted by Gasteiger charge is -1.99. The molecule has 0 atom stereocenters. The smallest absolute Gasteiger partial charge is 0.148 e. The maximum absolute atomic E-state index is 8.83. The summed E-state index contributed by atoms with van der Waals surface area (Å²) in [6.07, 6.45) is 3.41. The topological polar surface area (TPSA) is 49.6 Å². The number of pyridine rings is 2. The second kappa shape index (κ2) is 2.83. The third kappa shape index (κ3) is 1.23. The number of hydrogen-bond acceptors (Lipinski definition) is 3. The average Bonchev–Trinajstić information content (AvgIpc) is 2.16. The van der Waals surface area contributed by atoms with Crippen molar-refractivity contribution in [2.75, 3.05) is 0 Å². The van der Waals surface area contributed by atoms with Crippen LogP contribution in [0.4, 0.5) is 0 Å². The molecule has 0 saturated heterocycles. The van der Waals surface area contributed by atoms with Crippen LogP contribution in [0.25, 0.3) is 10.8 Å². The quantitative estimate of drug-likeness (QED) is 0.604. The van der Waals surface area contributed by atoms with Crippen molar-refractivity contribution in [1.29, 1.82) is 5.26 Å². The Morgan fingerprint density at radius 2 is 2.31 bits per heavy atom. The van der Waals surface area contributed by atoms with E-state index in [-0.39, 0.29) is 0 Å². The van der Waals surface area contributed by atoms with Crippen LogP contribution in [0.15, 0.2) is 24.5 Å². The first-order valence-electron chi connectivity index (χ1n) is 3.93. The Morgan fingerprint density at radius 1 is 1.46 bits per heavy atom. The van der Waals surface area contributed by atoms with Gasteiger partial charge in [0.25, 0.3) is 0 Å². The van der Waals surface area contributed by atoms with E-state index in [1.165, 1.54) is 0 Å². The molecule has 0 spiro atoms. The molecule has 62 valence electrons. The standard InChI is InChI=1S/C10H7N3/c1-7-4-8-6-12-3-2-9(8)10(5-11)13-7/h2-4,6H,1H3. The molecule has 0 N–H and O–H groups in total. The summed E-state index contributed by atoms with van der Waals surface area (Å²) in [6.45, 7) is 1.87. The van der Waals surface area contributed by atoms with Crippen LogP contribution in [0.3, 0.4) is 0 Å². The van der Waals surface area contributed by atoms with E-state index in [0.29, 0.717) is 5.69 Å². The zero-order valence-electron chi connectivity index (χ0n) is 7.15. The van der Waals surface area contributed by atoms with Crippen LogP contribution in [-0.2, 0) is 0 Å². The molecule has 0 aliphatic rings. The van der Waals surface area contributed by atoms with Crippen molar-refractivity contribution in [3.8, 4) is 6.07 Å². The Morgan fingerprint density at radius 3 is 3.08 bits per heavy atom. The number of nitrogens with zero attached hydrogens (tertiary/aromatic N) is 3. The summed E-state index contributed by atoms with van der Waals surface area (Å²) in [6, 6.07) is 5.80. The molecular formula is C10H7N3. The fourth-order valence-corrected chi connectivity index (χ4v) is 1.32. The molecule has 0 fully saturated rings. The van der Waals surface area contributed by atoms with Crippen LogP contribution in [0.2, 0.25) is 0 Å². The van der Waals surface area contributed by atoms with E-state index in [2.05, 4.69) is 16.0 Å². The Balaban J connectivity index is 2.91. The molecule has 0 unspecified atom stereocenters. The lowest BCUT2D eigenvalue weighted by molar-refractivity contribution is 1.18. The predicted molar refractivity (Wildman–Crippen MR) is 49.0 cm³/mol. The van der Waals surface area contributed by atoms with E-state index in [1.807, 2.05) is 13.0 Å². The molecule has 0 aliphatic heterocycles. The van der Waals surface area contributed by atoms with Crippen LogP contribution < -0.4 is 0 Å². The summed E-state index contributed by atoms with van der Waals surface area (Å²) < 4.78 is 0. The van der Waals surface area contributed by atoms with E-state index in [1.54, 1.807) is 18.5 Å². The fourth-order valence-electron chi connectivity index (χ4n) is 1.32. The molecular weight excluding hydrogens is 162 g/mol. The lowest BCUT2D eigenvalue weighted by Crippen LogP contribution is -1.89. The molecule has 3 nitrogen and oxygen atoms in total. The van der Waals surface area contributed by atoms with E-state index in [0.717, 1.165) is 16.5 Å². The second-order valence-corrected chi connectivity index (χ2v) is 2.82. The Hall–Kier alpha value is -1.95. The maximum Gasteiger partial charge on any atom is 0.148 e. The molecule has 0 aliphatic carbocycles. The first-order chi connectivity index (χ1) is 6.31. The molecule has 2 aromatic heterocycles. The summed E-state index contributed by atoms with van der Waals surface area (Å²) in [4.78, 5) is 8.12. The highest BCUT2D eigenvalue weighted by Gasteiger charge is 2.01. The van der Waals surface area contributed by atoms with Crippen molar-refractivity contribution in [3.05, 3.63) is 35.9 Å². The SMILES string of the molecule is Cc1cc2cnccc2c(C#N)n1. The zero-order chi connectivity index (χ0) is 9.26. The lowest BCUT2D eigenvalue weighted by atomic mass is 10.1. The van der Waals surface area contributed by atoms with Gasteiger partial charge in [-0.2, -0.15) is 5.26 Å². The largest absolute Gasteiger partial charge is 0.264 e. The number of nitriles is 1. The van der Waals surface area contributed by atoms with Gasteiger partial charge in [-0.05, 0) is 19.1 Å². The molecule has 0 aromatic carbocycles. The number of aromatic nitrogens is 2. The van der Waals surface area contributed by atoms with E-state index >= 15 is 0 Å². The minimum Gasteiger partial charge on any atom is -0.264 e. The summed E-state index contributed by atoms with van der Waals surface area (Å²) in [5.74, 6) is 0. The summed E-state index contributed by atoms with van der Waals surface area (Å²) in [7, 11) is 0. The third-order valence-corrected chi connectivity index (χ3v) is 1.87. The van der Waals surface area contributed by atoms with Gasteiger partial charge in [-0.1, -0.05) is 0 Å². The van der Waals surface area contributed by atoms with Gasteiger partial charge in [-0.3, -0.25) is 4.98 Å². The molecule has 2 aromatic rings. The molecule has 0 saturated carbocycles. The van der Waals surface area contributed by atoms with Gasteiger partial charge in [0.1, 0.15) is 11.8 Å². The third-order valence-electron chi connectivity index (χ3n) is 1.87. The van der Waals surface area contributed by atoms with Crippen molar-refractivity contribution >= 4 is 10.8 Å². The zero-order valence-corrected chi connectivity index (χ0v) is 7.15. The molecule has 13 heavy (non-hydrogen) atoms. The van der Waals surface area contributed by atoms with Crippen molar-refractivity contribution in [2.24, 2.45) is 0 Å². The van der Waals surface area contributed by atoms with Crippen LogP contribution in [0.1, 0.15) is 11.4 Å². The predicted octanol–water partition coefficient (Wildman–Crippen LogP) is 1.81. The number of rotatable bonds is 0. The molecule has 2 heterocycles. The van der Waals surface area contributed by atoms with Gasteiger partial charge in [0.2, 0.25) is 0 Å². The van der Waals surface area contributed by atoms with Crippen LogP contribution in [0.5, 0.6) is 0 Å². The first kappa shape index (κ1) is 7.69. The van der Waals surface area contributed by atoms with Crippen LogP contribution >= 0.6 is 0 Å². The molecule has 3 heteroatoms. The highest BCUT2D eigenvalue weighted by atomic mass is 14.7. The molecule has 0 amide bonds. The monoisotopic (exact) mass is 169 g/mol. The van der Waals surface area contributed by atoms with Crippen molar-refractivity contribution in [2.45, 2.75) is 6.92 Å². The fraction of sp³-hybridized carbons (Fsp3) is 0.100. The van der Waals surface area contributed by atoms with Crippen molar-refractivity contribution in [3.63, 3.8) is 0 Å². The number of aryl methyl sites for hydroxylation is 1. The Bertz CT molecular complexity index is 497. The van der Waals surface area contributed by atoms with Gasteiger partial charge in [0, 0.05) is 28.9 Å². The number of hydrogen-bond donors (Lipinski definition) is 0. The molecule has 2 rings (SSSR count). The highest BCUT2D eigenvalue weighted by molar-refractivity contribution is 5.85. The summed E-state index contributed by atoms with van der Waals surface area (Å²) in [5.41, 5.74) is 1.31. The maximum atomic E-state index is 8.83. The second-order valence-electron chi connectivity index (χ2n) is 2.82. The highest BCUT2D eigenvalue weighted by Crippen LogP contribution is 2.15. The molecule has 0 radical (unpaired) electrons. The van der Waals surface area contributed by atoms with Crippen molar-refractivity contribution < 1.29 is 0 Å². The Labute approximate surface area is 75.7 Å². The van der Waals surface area contributed by atoms with Gasteiger partial charge in [-0.25, -0.2) is 4.98 Å². The average molecular weight is 169 g/mol. The van der Waals surface area contributed by atoms with Crippen molar-refractivity contribution in [1.82, 2.24) is 9.97 Å². The normalized spacial score (nSPS) is 9.85. The van der Waals surface area contributed by atoms with Crippen LogP contribution in [-0.4, -0.2) is 9.97 Å². The van der Waals surface area contributed by atoms with Gasteiger partial charge < -0.3 is 0 Å². The van der Waals surface area contributed by atoms with Gasteiger partial charge >= 0.3 is 0 Å². The van der Waals surface area contributed by atoms with Gasteiger partial charge in [0.15, 0.2) is 0 Å². The first-order valence-corrected chi connectivity index (χ1v) is 3.93. The number of fused-ring (bicyclic) bond motifs is 1. The van der Waals surface area contributed by atoms with E-state index in [9.17, 15) is 0 Å². The minimum absolute atomic E-state index is 0.470. The van der Waals surface area contributed by atoms with Crippen LogP contribution in [0, 0.1) is 18.3 Å². The Kier molecular flexibility index (Phi) is 1.67.